The molecule has 0 saturated heterocycles. The van der Waals surface area contributed by atoms with Gasteiger partial charge in [-0.1, -0.05) is 0 Å². The molecule has 0 spiro atoms. The molecule has 0 aliphatic heterocycles. The topological polar surface area (TPSA) is 121 Å². The highest BCUT2D eigenvalue weighted by molar-refractivity contribution is 5.88. The Morgan fingerprint density at radius 3 is 1.78 bits per heavy atom. The van der Waals surface area contributed by atoms with Crippen LogP contribution in [0.5, 0.6) is 17.2 Å². The lowest BCUT2D eigenvalue weighted by molar-refractivity contribution is -0.163. The van der Waals surface area contributed by atoms with Gasteiger partial charge in [-0.2, -0.15) is 0 Å². The molecule has 0 fully saturated rings. The summed E-state index contributed by atoms with van der Waals surface area (Å²) in [6.07, 6.45) is -3.81. The Labute approximate surface area is 212 Å². The number of ether oxygens (including phenoxy) is 5. The molecule has 0 aromatic heterocycles. The molecule has 1 aromatic carbocycles. The van der Waals surface area contributed by atoms with Crippen LogP contribution in [0.25, 0.3) is 0 Å². The molecule has 10 nitrogen and oxygen atoms in total. The van der Waals surface area contributed by atoms with E-state index in [-0.39, 0.29) is 6.54 Å². The Morgan fingerprint density at radius 2 is 1.36 bits per heavy atom. The molecule has 0 bridgehead atoms. The molecule has 0 saturated carbocycles. The first kappa shape index (κ1) is 30.8. The number of nitrogens with one attached hydrogen (secondary N) is 2. The predicted molar refractivity (Wildman–Crippen MR) is 131 cm³/mol. The van der Waals surface area contributed by atoms with E-state index >= 15 is 4.39 Å². The van der Waals surface area contributed by atoms with Crippen molar-refractivity contribution in [2.45, 2.75) is 84.3 Å². The first-order valence-corrected chi connectivity index (χ1v) is 11.4. The molecule has 0 unspecified atom stereocenters. The smallest absolute Gasteiger partial charge is 0.408 e. The summed E-state index contributed by atoms with van der Waals surface area (Å²) < 4.78 is 41.6. The van der Waals surface area contributed by atoms with Crippen LogP contribution in [0.4, 0.5) is 9.18 Å². The number of halogens is 1. The maximum atomic E-state index is 15.2. The number of alkyl halides is 1. The zero-order chi connectivity index (χ0) is 27.9. The van der Waals surface area contributed by atoms with Crippen LogP contribution < -0.4 is 24.8 Å². The number of hydrogen-bond donors (Lipinski definition) is 2. The van der Waals surface area contributed by atoms with E-state index in [1.54, 1.807) is 53.7 Å². The molecule has 1 rings (SSSR count). The Balaban J connectivity index is 3.08. The third kappa shape index (κ3) is 9.43. The maximum absolute atomic E-state index is 15.2. The first-order chi connectivity index (χ1) is 16.4. The number of hydrogen-bond acceptors (Lipinski definition) is 8. The minimum absolute atomic E-state index is 0.127. The minimum atomic E-state index is -2.17. The van der Waals surface area contributed by atoms with E-state index in [4.69, 9.17) is 23.7 Å². The van der Waals surface area contributed by atoms with Gasteiger partial charge in [-0.15, -0.1) is 0 Å². The Bertz CT molecular complexity index is 914. The van der Waals surface area contributed by atoms with Crippen LogP contribution in [0, 0.1) is 0 Å². The summed E-state index contributed by atoms with van der Waals surface area (Å²) in [5, 5.41) is 4.85. The van der Waals surface area contributed by atoms with Crippen LogP contribution in [0.3, 0.4) is 0 Å². The minimum Gasteiger partial charge on any atom is -0.496 e. The molecule has 0 aliphatic carbocycles. The van der Waals surface area contributed by atoms with Gasteiger partial charge in [-0.05, 0) is 48.5 Å². The van der Waals surface area contributed by atoms with Crippen LogP contribution in [0.15, 0.2) is 12.1 Å². The summed E-state index contributed by atoms with van der Waals surface area (Å²) in [5.74, 6) is -0.701. The summed E-state index contributed by atoms with van der Waals surface area (Å²) in [6.45, 7) is 11.0. The van der Waals surface area contributed by atoms with Crippen molar-refractivity contribution in [2.24, 2.45) is 0 Å². The van der Waals surface area contributed by atoms with Crippen molar-refractivity contribution in [1.29, 1.82) is 0 Å². The van der Waals surface area contributed by atoms with Crippen molar-refractivity contribution in [2.75, 3.05) is 21.3 Å². The first-order valence-electron chi connectivity index (χ1n) is 11.4. The van der Waals surface area contributed by atoms with Gasteiger partial charge in [-0.25, -0.2) is 14.0 Å². The lowest BCUT2D eigenvalue weighted by Crippen LogP contribution is -2.57. The second-order valence-corrected chi connectivity index (χ2v) is 10.4. The second-order valence-electron chi connectivity index (χ2n) is 10.4. The van der Waals surface area contributed by atoms with Crippen molar-refractivity contribution in [3.05, 3.63) is 17.7 Å². The Morgan fingerprint density at radius 1 is 0.861 bits per heavy atom. The molecule has 204 valence electrons. The van der Waals surface area contributed by atoms with Gasteiger partial charge < -0.3 is 34.3 Å². The van der Waals surface area contributed by atoms with Gasteiger partial charge in [0.1, 0.15) is 34.0 Å². The highest BCUT2D eigenvalue weighted by atomic mass is 19.1. The van der Waals surface area contributed by atoms with Crippen molar-refractivity contribution < 1.29 is 42.5 Å². The highest BCUT2D eigenvalue weighted by Gasteiger charge is 2.43. The second kappa shape index (κ2) is 12.1. The molecular formula is C25H39FN2O8. The largest absolute Gasteiger partial charge is 0.496 e. The third-order valence-electron chi connectivity index (χ3n) is 4.75. The van der Waals surface area contributed by atoms with Crippen LogP contribution in [0.2, 0.25) is 0 Å². The number of rotatable bonds is 10. The van der Waals surface area contributed by atoms with Gasteiger partial charge >= 0.3 is 12.1 Å². The molecule has 1 aromatic rings. The summed E-state index contributed by atoms with van der Waals surface area (Å²) in [5.41, 5.74) is -3.20. The van der Waals surface area contributed by atoms with E-state index in [2.05, 4.69) is 10.6 Å². The Kier molecular flexibility index (Phi) is 10.4. The molecule has 0 aliphatic rings. The van der Waals surface area contributed by atoms with Crippen LogP contribution >= 0.6 is 0 Å². The molecule has 0 heterocycles. The standard InChI is InChI=1S/C25H39FN2O8/c1-23(2,3)35-21(30)25(7,28-22(31)36-24(4,5)6)13-17(26)20(29)27-14-16-18(33-9)11-15(32-8)12-19(16)34-10/h11-12,17H,13-14H2,1-10H3,(H,27,29)(H,28,31)/t17-,25+/m0/s1. The van der Waals surface area contributed by atoms with E-state index in [1.165, 1.54) is 28.3 Å². The normalized spacial score (nSPS) is 14.1. The van der Waals surface area contributed by atoms with E-state index in [0.717, 1.165) is 0 Å². The highest BCUT2D eigenvalue weighted by Crippen LogP contribution is 2.34. The Hall–Kier alpha value is -3.24. The number of carbonyl (C=O) groups excluding carboxylic acids is 3. The van der Waals surface area contributed by atoms with Gasteiger partial charge in [0.2, 0.25) is 0 Å². The molecular weight excluding hydrogens is 475 g/mol. The van der Waals surface area contributed by atoms with Crippen LogP contribution in [-0.4, -0.2) is 62.2 Å². The molecule has 36 heavy (non-hydrogen) atoms. The van der Waals surface area contributed by atoms with E-state index in [9.17, 15) is 14.4 Å². The fraction of sp³-hybridized carbons (Fsp3) is 0.640. The predicted octanol–water partition coefficient (Wildman–Crippen LogP) is 3.68. The number of methoxy groups -OCH3 is 3. The summed E-state index contributed by atoms with van der Waals surface area (Å²) in [7, 11) is 4.36. The monoisotopic (exact) mass is 514 g/mol. The van der Waals surface area contributed by atoms with Gasteiger partial charge in [-0.3, -0.25) is 4.79 Å². The number of amides is 2. The molecule has 2 N–H and O–H groups in total. The fourth-order valence-corrected chi connectivity index (χ4v) is 3.09. The lowest BCUT2D eigenvalue weighted by Gasteiger charge is -2.33. The van der Waals surface area contributed by atoms with Gasteiger partial charge in [0.05, 0.1) is 33.4 Å². The lowest BCUT2D eigenvalue weighted by atomic mass is 9.94. The zero-order valence-corrected chi connectivity index (χ0v) is 22.8. The van der Waals surface area contributed by atoms with Gasteiger partial charge in [0, 0.05) is 18.6 Å². The number of benzene rings is 1. The number of esters is 1. The van der Waals surface area contributed by atoms with Crippen molar-refractivity contribution in [3.63, 3.8) is 0 Å². The average molecular weight is 515 g/mol. The van der Waals surface area contributed by atoms with Crippen molar-refractivity contribution in [3.8, 4) is 17.2 Å². The van der Waals surface area contributed by atoms with E-state index in [1.807, 2.05) is 0 Å². The van der Waals surface area contributed by atoms with Gasteiger partial charge in [0.15, 0.2) is 6.17 Å². The maximum Gasteiger partial charge on any atom is 0.408 e. The SMILES string of the molecule is COc1cc(OC)c(CNC(=O)[C@@H](F)C[C@@](C)(NC(=O)OC(C)(C)C)C(=O)OC(C)(C)C)c(OC)c1. The average Bonchev–Trinajstić information content (AvgIpc) is 2.73. The van der Waals surface area contributed by atoms with Crippen LogP contribution in [-0.2, 0) is 25.6 Å². The fourth-order valence-electron chi connectivity index (χ4n) is 3.09. The molecule has 0 radical (unpaired) electrons. The van der Waals surface area contributed by atoms with E-state index < -0.39 is 47.3 Å². The van der Waals surface area contributed by atoms with Crippen LogP contribution in [0.1, 0.15) is 60.5 Å². The third-order valence-corrected chi connectivity index (χ3v) is 4.75. The number of alkyl carbamates (subject to hydrolysis) is 1. The van der Waals surface area contributed by atoms with E-state index in [0.29, 0.717) is 22.8 Å². The molecule has 2 atom stereocenters. The molecule has 2 amide bonds. The summed E-state index contributed by atoms with van der Waals surface area (Å²) >= 11 is 0. The summed E-state index contributed by atoms with van der Waals surface area (Å²) in [4.78, 5) is 38.0. The van der Waals surface area contributed by atoms with Crippen molar-refractivity contribution in [1.82, 2.24) is 10.6 Å². The zero-order valence-electron chi connectivity index (χ0n) is 22.8. The number of carbonyl (C=O) groups is 3. The van der Waals surface area contributed by atoms with Crippen molar-refractivity contribution >= 4 is 18.0 Å². The quantitative estimate of drug-likeness (QED) is 0.454. The molecule has 11 heteroatoms. The summed E-state index contributed by atoms with van der Waals surface area (Å²) in [6, 6.07) is 3.20. The van der Waals surface area contributed by atoms with Gasteiger partial charge in [0.25, 0.3) is 5.91 Å².